The van der Waals surface area contributed by atoms with Gasteiger partial charge in [-0.2, -0.15) is 0 Å². The molecule has 0 saturated carbocycles. The summed E-state index contributed by atoms with van der Waals surface area (Å²) in [6.45, 7) is 28.2. The summed E-state index contributed by atoms with van der Waals surface area (Å²) in [4.78, 5) is 0. The fourth-order valence-electron chi connectivity index (χ4n) is 3.84. The van der Waals surface area contributed by atoms with Crippen LogP contribution < -0.4 is 5.32 Å². The Bertz CT molecular complexity index is 1110. The van der Waals surface area contributed by atoms with E-state index in [1.54, 1.807) is 0 Å². The van der Waals surface area contributed by atoms with Gasteiger partial charge in [0.25, 0.3) is 0 Å². The number of anilines is 1. The Morgan fingerprint density at radius 1 is 0.700 bits per heavy atom. The minimum atomic E-state index is 0.967. The SMILES string of the molecule is C=C(C)Nc1ccc(C)cc1.C=C(CC)CC.C=CCCCCCC.Cc1ccc(-c2ccccc2C)c(C)c1. The number of rotatable bonds is 10. The Kier molecular flexibility index (Phi) is 20.6. The highest BCUT2D eigenvalue weighted by atomic mass is 14.9. The Morgan fingerprint density at radius 3 is 1.75 bits per heavy atom. The lowest BCUT2D eigenvalue weighted by Crippen LogP contribution is -1.92. The van der Waals surface area contributed by atoms with Gasteiger partial charge < -0.3 is 5.32 Å². The highest BCUT2D eigenvalue weighted by Crippen LogP contribution is 2.26. The fourth-order valence-corrected chi connectivity index (χ4v) is 3.84. The maximum Gasteiger partial charge on any atom is 0.0381 e. The van der Waals surface area contributed by atoms with Crippen molar-refractivity contribution in [3.05, 3.63) is 126 Å². The second kappa shape index (κ2) is 22.5. The second-order valence-corrected chi connectivity index (χ2v) is 10.5. The van der Waals surface area contributed by atoms with Gasteiger partial charge in [0.1, 0.15) is 0 Å². The molecule has 0 heterocycles. The Morgan fingerprint density at radius 2 is 1.27 bits per heavy atom. The molecule has 0 radical (unpaired) electrons. The van der Waals surface area contributed by atoms with Gasteiger partial charge in [-0.3, -0.25) is 0 Å². The van der Waals surface area contributed by atoms with Gasteiger partial charge in [-0.1, -0.05) is 131 Å². The van der Waals surface area contributed by atoms with Crippen LogP contribution in [0.15, 0.2) is 104 Å². The first-order valence-electron chi connectivity index (χ1n) is 15.0. The number of unbranched alkanes of at least 4 members (excludes halogenated alkanes) is 4. The van der Waals surface area contributed by atoms with E-state index < -0.39 is 0 Å². The molecule has 3 aromatic rings. The summed E-state index contributed by atoms with van der Waals surface area (Å²) < 4.78 is 0. The smallest absolute Gasteiger partial charge is 0.0381 e. The third-order valence-electron chi connectivity index (χ3n) is 6.49. The number of aryl methyl sites for hydroxylation is 4. The van der Waals surface area contributed by atoms with E-state index in [2.05, 4.69) is 128 Å². The first-order valence-corrected chi connectivity index (χ1v) is 15.0. The zero-order valence-electron chi connectivity index (χ0n) is 27.0. The van der Waals surface area contributed by atoms with Gasteiger partial charge >= 0.3 is 0 Å². The molecule has 40 heavy (non-hydrogen) atoms. The average molecular weight is 540 g/mol. The fraction of sp³-hybridized carbons (Fsp3) is 0.385. The van der Waals surface area contributed by atoms with E-state index in [9.17, 15) is 0 Å². The minimum Gasteiger partial charge on any atom is -0.360 e. The van der Waals surface area contributed by atoms with E-state index >= 15 is 0 Å². The van der Waals surface area contributed by atoms with Crippen LogP contribution in [-0.2, 0) is 0 Å². The van der Waals surface area contributed by atoms with Crippen molar-refractivity contribution >= 4 is 5.69 Å². The molecule has 0 aliphatic carbocycles. The van der Waals surface area contributed by atoms with Crippen LogP contribution >= 0.6 is 0 Å². The molecule has 0 fully saturated rings. The molecular formula is C39H57N. The summed E-state index contributed by atoms with van der Waals surface area (Å²) in [5, 5.41) is 3.14. The molecule has 218 valence electrons. The third kappa shape index (κ3) is 17.3. The predicted molar refractivity (Wildman–Crippen MR) is 184 cm³/mol. The van der Waals surface area contributed by atoms with E-state index in [0.717, 1.165) is 24.2 Å². The number of nitrogens with one attached hydrogen (secondary N) is 1. The van der Waals surface area contributed by atoms with E-state index in [-0.39, 0.29) is 0 Å². The topological polar surface area (TPSA) is 12.0 Å². The summed E-state index contributed by atoms with van der Waals surface area (Å²) in [7, 11) is 0. The zero-order chi connectivity index (χ0) is 30.3. The lowest BCUT2D eigenvalue weighted by molar-refractivity contribution is 0.675. The molecule has 0 bridgehead atoms. The Labute approximate surface area is 248 Å². The molecule has 0 spiro atoms. The molecule has 0 aliphatic heterocycles. The monoisotopic (exact) mass is 539 g/mol. The Hall–Kier alpha value is -3.32. The quantitative estimate of drug-likeness (QED) is 0.199. The van der Waals surface area contributed by atoms with Crippen molar-refractivity contribution in [1.29, 1.82) is 0 Å². The van der Waals surface area contributed by atoms with E-state index in [1.807, 2.05) is 25.1 Å². The number of benzene rings is 3. The highest BCUT2D eigenvalue weighted by Gasteiger charge is 2.03. The first-order chi connectivity index (χ1) is 19.1. The van der Waals surface area contributed by atoms with Gasteiger partial charge in [0, 0.05) is 11.4 Å². The molecule has 0 unspecified atom stereocenters. The Balaban J connectivity index is 0.000000540. The standard InChI is InChI=1S/C15H16.C10H13N.C8H16.C6H12/c1-11-8-9-15(13(3)10-11)14-7-5-4-6-12(14)2;1-8(2)11-10-6-4-9(3)5-7-10;1-3-5-7-8-6-4-2;1-4-6(3)5-2/h4-10H,1-3H3;4-7,11H,1H2,2-3H3;3H,1,4-8H2,2H3;3-5H2,1-2H3. The van der Waals surface area contributed by atoms with E-state index in [4.69, 9.17) is 0 Å². The van der Waals surface area contributed by atoms with Crippen LogP contribution in [0.4, 0.5) is 5.69 Å². The summed E-state index contributed by atoms with van der Waals surface area (Å²) in [5.41, 5.74) is 11.4. The molecule has 0 atom stereocenters. The van der Waals surface area contributed by atoms with Crippen LogP contribution in [0.5, 0.6) is 0 Å². The van der Waals surface area contributed by atoms with Gasteiger partial charge in [0.05, 0.1) is 0 Å². The van der Waals surface area contributed by atoms with E-state index in [0.29, 0.717) is 0 Å². The van der Waals surface area contributed by atoms with Gasteiger partial charge in [0.15, 0.2) is 0 Å². The van der Waals surface area contributed by atoms with Crippen LogP contribution in [0, 0.1) is 27.7 Å². The molecule has 3 aromatic carbocycles. The molecule has 1 nitrogen and oxygen atoms in total. The molecular weight excluding hydrogens is 482 g/mol. The van der Waals surface area contributed by atoms with Gasteiger partial charge in [-0.05, 0) is 94.7 Å². The molecule has 0 amide bonds. The molecule has 1 heteroatoms. The van der Waals surface area contributed by atoms with Crippen LogP contribution in [-0.4, -0.2) is 0 Å². The van der Waals surface area contributed by atoms with Crippen molar-refractivity contribution in [2.45, 2.75) is 100 Å². The summed E-state index contributed by atoms with van der Waals surface area (Å²) in [5.74, 6) is 0. The summed E-state index contributed by atoms with van der Waals surface area (Å²) in [6, 6.07) is 23.4. The summed E-state index contributed by atoms with van der Waals surface area (Å²) >= 11 is 0. The first kappa shape index (κ1) is 36.7. The summed E-state index contributed by atoms with van der Waals surface area (Å²) in [6.07, 6.45) is 10.9. The number of hydrogen-bond donors (Lipinski definition) is 1. The van der Waals surface area contributed by atoms with Crippen LogP contribution in [0.2, 0.25) is 0 Å². The highest BCUT2D eigenvalue weighted by molar-refractivity contribution is 5.70. The average Bonchev–Trinajstić information content (AvgIpc) is 2.93. The van der Waals surface area contributed by atoms with Gasteiger partial charge in [0.2, 0.25) is 0 Å². The third-order valence-corrected chi connectivity index (χ3v) is 6.49. The van der Waals surface area contributed by atoms with Crippen molar-refractivity contribution in [2.24, 2.45) is 0 Å². The van der Waals surface area contributed by atoms with Gasteiger partial charge in [-0.15, -0.1) is 6.58 Å². The van der Waals surface area contributed by atoms with Crippen molar-refractivity contribution < 1.29 is 0 Å². The molecule has 3 rings (SSSR count). The number of hydrogen-bond acceptors (Lipinski definition) is 1. The number of allylic oxidation sites excluding steroid dienone is 3. The molecule has 0 aliphatic rings. The van der Waals surface area contributed by atoms with Crippen molar-refractivity contribution in [2.75, 3.05) is 5.32 Å². The second-order valence-electron chi connectivity index (χ2n) is 10.5. The zero-order valence-corrected chi connectivity index (χ0v) is 27.0. The molecule has 0 saturated heterocycles. The minimum absolute atomic E-state index is 0.967. The van der Waals surface area contributed by atoms with Crippen molar-refractivity contribution in [3.63, 3.8) is 0 Å². The van der Waals surface area contributed by atoms with Crippen LogP contribution in [0.1, 0.15) is 94.9 Å². The largest absolute Gasteiger partial charge is 0.360 e. The maximum absolute atomic E-state index is 3.79. The maximum atomic E-state index is 3.79. The molecule has 0 aromatic heterocycles. The predicted octanol–water partition coefficient (Wildman–Crippen LogP) is 12.7. The van der Waals surface area contributed by atoms with Crippen molar-refractivity contribution in [1.82, 2.24) is 0 Å². The lowest BCUT2D eigenvalue weighted by Gasteiger charge is -2.09. The van der Waals surface area contributed by atoms with Crippen LogP contribution in [0.3, 0.4) is 0 Å². The molecule has 1 N–H and O–H groups in total. The normalized spacial score (nSPS) is 9.50. The van der Waals surface area contributed by atoms with Crippen molar-refractivity contribution in [3.8, 4) is 11.1 Å². The van der Waals surface area contributed by atoms with E-state index in [1.165, 1.54) is 71.1 Å². The lowest BCUT2D eigenvalue weighted by atomic mass is 9.95. The van der Waals surface area contributed by atoms with Crippen LogP contribution in [0.25, 0.3) is 11.1 Å². The van der Waals surface area contributed by atoms with Gasteiger partial charge in [-0.25, -0.2) is 0 Å².